The van der Waals surface area contributed by atoms with Crippen LogP contribution in [-0.4, -0.2) is 0 Å². The first-order valence-corrected chi connectivity index (χ1v) is 12.4. The lowest BCUT2D eigenvalue weighted by atomic mass is 10.0. The fraction of sp³-hybridized carbons (Fsp3) is 0.125. The molecular formula is C32H18F10O. The predicted octanol–water partition coefficient (Wildman–Crippen LogP) is 9.50. The zero-order valence-electron chi connectivity index (χ0n) is 22.0. The van der Waals surface area contributed by atoms with Crippen molar-refractivity contribution in [2.45, 2.75) is 25.9 Å². The van der Waals surface area contributed by atoms with Crippen LogP contribution in [0.5, 0.6) is 5.75 Å². The van der Waals surface area contributed by atoms with Gasteiger partial charge in [-0.25, -0.2) is 35.1 Å². The van der Waals surface area contributed by atoms with E-state index in [4.69, 9.17) is 0 Å². The van der Waals surface area contributed by atoms with E-state index in [1.807, 2.05) is 12.0 Å². The number of aryl methyl sites for hydroxylation is 1. The lowest BCUT2D eigenvalue weighted by Crippen LogP contribution is -2.23. The molecule has 4 rings (SSSR count). The summed E-state index contributed by atoms with van der Waals surface area (Å²) in [4.78, 5) is 0. The highest BCUT2D eigenvalue weighted by atomic mass is 19.3. The summed E-state index contributed by atoms with van der Waals surface area (Å²) < 4.78 is 147. The van der Waals surface area contributed by atoms with E-state index in [1.165, 1.54) is 6.07 Å². The average molecular weight is 608 g/mol. The average Bonchev–Trinajstić information content (AvgIpc) is 2.90. The maximum atomic E-state index is 14.7. The predicted molar refractivity (Wildman–Crippen MR) is 138 cm³/mol. The van der Waals surface area contributed by atoms with Crippen molar-refractivity contribution >= 4 is 0 Å². The van der Waals surface area contributed by atoms with E-state index in [-0.39, 0.29) is 0 Å². The van der Waals surface area contributed by atoms with Gasteiger partial charge in [0.05, 0.1) is 16.7 Å². The molecule has 0 amide bonds. The van der Waals surface area contributed by atoms with Crippen LogP contribution in [0.25, 0.3) is 11.1 Å². The summed E-state index contributed by atoms with van der Waals surface area (Å²) in [6.45, 7) is 1.79. The Hall–Kier alpha value is -4.72. The van der Waals surface area contributed by atoms with Crippen LogP contribution in [-0.2, 0) is 12.5 Å². The third-order valence-corrected chi connectivity index (χ3v) is 6.09. The van der Waals surface area contributed by atoms with Crippen LogP contribution in [0.4, 0.5) is 43.9 Å². The Morgan fingerprint density at radius 1 is 0.698 bits per heavy atom. The molecule has 0 N–H and O–H groups in total. The second-order valence-electron chi connectivity index (χ2n) is 9.12. The minimum Gasteiger partial charge on any atom is -0.429 e. The maximum Gasteiger partial charge on any atom is 0.429 e. The number of rotatable bonds is 7. The lowest BCUT2D eigenvalue weighted by Gasteiger charge is -2.19. The van der Waals surface area contributed by atoms with Crippen LogP contribution in [0.3, 0.4) is 0 Å². The van der Waals surface area contributed by atoms with Crippen LogP contribution in [0, 0.1) is 58.4 Å². The molecule has 0 fully saturated rings. The molecule has 0 saturated heterocycles. The first-order valence-electron chi connectivity index (χ1n) is 12.4. The molecule has 1 nitrogen and oxygen atoms in total. The minimum atomic E-state index is -4.31. The Morgan fingerprint density at radius 2 is 1.30 bits per heavy atom. The van der Waals surface area contributed by atoms with Crippen LogP contribution in [0.1, 0.15) is 35.6 Å². The van der Waals surface area contributed by atoms with Gasteiger partial charge in [-0.05, 0) is 67.3 Å². The van der Waals surface area contributed by atoms with Crippen LogP contribution in [0.15, 0.2) is 66.7 Å². The first kappa shape index (κ1) is 31.2. The zero-order valence-corrected chi connectivity index (χ0v) is 22.0. The Labute approximate surface area is 239 Å². The molecule has 0 atom stereocenters. The monoisotopic (exact) mass is 608 g/mol. The SMILES string of the molecule is C/C=C/CCc1ccc(C(F)(F)Oc2cc(F)c(C#Cc3cc(F)c(-c4cc(F)c(F)c(F)c4)c(F)c3)c(F)c2)c(F)c1. The molecule has 0 heterocycles. The van der Waals surface area contributed by atoms with Crippen molar-refractivity contribution in [2.75, 3.05) is 0 Å². The second kappa shape index (κ2) is 12.7. The van der Waals surface area contributed by atoms with Gasteiger partial charge in [0.2, 0.25) is 0 Å². The van der Waals surface area contributed by atoms with Crippen molar-refractivity contribution in [3.05, 3.63) is 136 Å². The first-order chi connectivity index (χ1) is 20.3. The van der Waals surface area contributed by atoms with E-state index in [0.717, 1.165) is 12.1 Å². The van der Waals surface area contributed by atoms with Gasteiger partial charge < -0.3 is 4.74 Å². The minimum absolute atomic E-state index is 0.367. The lowest BCUT2D eigenvalue weighted by molar-refractivity contribution is -0.187. The van der Waals surface area contributed by atoms with Gasteiger partial charge in [-0.1, -0.05) is 30.1 Å². The van der Waals surface area contributed by atoms with E-state index in [1.54, 1.807) is 13.0 Å². The zero-order chi connectivity index (χ0) is 31.5. The van der Waals surface area contributed by atoms with Crippen molar-refractivity contribution < 1.29 is 48.6 Å². The van der Waals surface area contributed by atoms with Crippen molar-refractivity contribution in [1.82, 2.24) is 0 Å². The van der Waals surface area contributed by atoms with Gasteiger partial charge in [-0.15, -0.1) is 0 Å². The van der Waals surface area contributed by atoms with Gasteiger partial charge >= 0.3 is 6.11 Å². The quantitative estimate of drug-likeness (QED) is 0.0879. The van der Waals surface area contributed by atoms with E-state index >= 15 is 0 Å². The summed E-state index contributed by atoms with van der Waals surface area (Å²) >= 11 is 0. The highest BCUT2D eigenvalue weighted by molar-refractivity contribution is 5.66. The summed E-state index contributed by atoms with van der Waals surface area (Å²) in [7, 11) is 0. The Balaban J connectivity index is 1.57. The molecular weight excluding hydrogens is 590 g/mol. The summed E-state index contributed by atoms with van der Waals surface area (Å²) in [5.41, 5.74) is -3.72. The molecule has 0 saturated carbocycles. The molecule has 0 spiro atoms. The molecule has 0 aliphatic carbocycles. The molecule has 0 aliphatic rings. The summed E-state index contributed by atoms with van der Waals surface area (Å²) in [5, 5.41) is 0. The third kappa shape index (κ3) is 7.02. The Bertz CT molecular complexity index is 1710. The fourth-order valence-corrected chi connectivity index (χ4v) is 4.05. The van der Waals surface area contributed by atoms with Gasteiger partial charge in [0.25, 0.3) is 0 Å². The molecule has 4 aromatic carbocycles. The van der Waals surface area contributed by atoms with Gasteiger partial charge in [-0.2, -0.15) is 8.78 Å². The molecule has 0 bridgehead atoms. The van der Waals surface area contributed by atoms with E-state index < -0.39 is 86.2 Å². The molecule has 0 unspecified atom stereocenters. The molecule has 0 aliphatic heterocycles. The number of benzene rings is 4. The Kier molecular flexibility index (Phi) is 9.19. The van der Waals surface area contributed by atoms with E-state index in [2.05, 4.69) is 10.7 Å². The number of alkyl halides is 2. The number of hydrogen-bond donors (Lipinski definition) is 0. The van der Waals surface area contributed by atoms with Crippen molar-refractivity contribution in [3.63, 3.8) is 0 Å². The summed E-state index contributed by atoms with van der Waals surface area (Å²) in [6.07, 6.45) is 0.235. The normalized spacial score (nSPS) is 11.5. The Morgan fingerprint density at radius 3 is 1.86 bits per heavy atom. The maximum absolute atomic E-state index is 14.7. The van der Waals surface area contributed by atoms with Crippen LogP contribution >= 0.6 is 0 Å². The third-order valence-electron chi connectivity index (χ3n) is 6.09. The molecule has 43 heavy (non-hydrogen) atoms. The van der Waals surface area contributed by atoms with E-state index in [9.17, 15) is 43.9 Å². The highest BCUT2D eigenvalue weighted by Gasteiger charge is 2.38. The van der Waals surface area contributed by atoms with Crippen molar-refractivity contribution in [2.24, 2.45) is 0 Å². The topological polar surface area (TPSA) is 9.23 Å². The van der Waals surface area contributed by atoms with E-state index in [0.29, 0.717) is 54.8 Å². The highest BCUT2D eigenvalue weighted by Crippen LogP contribution is 2.35. The number of hydrogen-bond acceptors (Lipinski definition) is 1. The standard InChI is InChI=1S/C32H18F10O/c1-2-3-4-5-17-7-9-22(25(35)10-17)32(41,42)43-20-15-23(33)21(24(34)16-20)8-6-18-11-26(36)30(27(37)12-18)19-13-28(38)31(40)29(39)14-19/h2-3,7,9-16H,4-5H2,1H3/b3-2+. The molecule has 11 heteroatoms. The summed E-state index contributed by atoms with van der Waals surface area (Å²) in [5.74, 6) is -9.12. The van der Waals surface area contributed by atoms with Gasteiger partial charge in [-0.3, -0.25) is 0 Å². The van der Waals surface area contributed by atoms with Gasteiger partial charge in [0, 0.05) is 17.7 Å². The van der Waals surface area contributed by atoms with Gasteiger partial charge in [0.1, 0.15) is 34.8 Å². The van der Waals surface area contributed by atoms with Crippen molar-refractivity contribution in [1.29, 1.82) is 0 Å². The molecule has 4 aromatic rings. The second-order valence-corrected chi connectivity index (χ2v) is 9.12. The van der Waals surface area contributed by atoms with Gasteiger partial charge in [0.15, 0.2) is 17.5 Å². The largest absolute Gasteiger partial charge is 0.429 e. The molecule has 0 aromatic heterocycles. The van der Waals surface area contributed by atoms with Crippen molar-refractivity contribution in [3.8, 4) is 28.7 Å². The van der Waals surface area contributed by atoms with Crippen LogP contribution in [0.2, 0.25) is 0 Å². The molecule has 0 radical (unpaired) electrons. The smallest absolute Gasteiger partial charge is 0.429 e. The fourth-order valence-electron chi connectivity index (χ4n) is 4.05. The van der Waals surface area contributed by atoms with Crippen LogP contribution < -0.4 is 4.74 Å². The number of halogens is 10. The molecule has 222 valence electrons. The number of allylic oxidation sites excluding steroid dienone is 2. The summed E-state index contributed by atoms with van der Waals surface area (Å²) in [6, 6.07) is 5.66. The number of ether oxygens (including phenoxy) is 1.